The fraction of sp³-hybridized carbons (Fsp3) is 0.267. The number of carbonyl (C=O) groups excluding carboxylic acids is 1. The molecule has 1 aromatic heterocycles. The van der Waals surface area contributed by atoms with E-state index in [1.54, 1.807) is 6.07 Å². The van der Waals surface area contributed by atoms with E-state index in [1.807, 2.05) is 0 Å². The molecule has 3 N–H and O–H groups in total. The summed E-state index contributed by atoms with van der Waals surface area (Å²) in [5, 5.41) is 11.7. The van der Waals surface area contributed by atoms with Crippen LogP contribution in [0.5, 0.6) is 11.5 Å². The van der Waals surface area contributed by atoms with E-state index in [0.717, 1.165) is 0 Å². The molecule has 2 rings (SSSR count). The lowest BCUT2D eigenvalue weighted by Crippen LogP contribution is -2.42. The monoisotopic (exact) mass is 319 g/mol. The maximum atomic E-state index is 12.3. The van der Waals surface area contributed by atoms with E-state index in [-0.39, 0.29) is 12.0 Å². The Morgan fingerprint density at radius 1 is 1.26 bits per heavy atom. The van der Waals surface area contributed by atoms with Crippen LogP contribution in [0, 0.1) is 0 Å². The van der Waals surface area contributed by atoms with Gasteiger partial charge < -0.3 is 24.9 Å². The third-order valence-corrected chi connectivity index (χ3v) is 3.20. The zero-order valence-corrected chi connectivity index (χ0v) is 12.7. The van der Waals surface area contributed by atoms with Crippen molar-refractivity contribution in [2.75, 3.05) is 14.2 Å². The van der Waals surface area contributed by atoms with Gasteiger partial charge in [0.25, 0.3) is 5.91 Å². The molecule has 1 aromatic carbocycles. The Morgan fingerprint density at radius 3 is 2.39 bits per heavy atom. The number of aromatic nitrogens is 2. The molecule has 1 unspecified atom stereocenters. The van der Waals surface area contributed by atoms with Gasteiger partial charge in [0.1, 0.15) is 17.5 Å². The summed E-state index contributed by atoms with van der Waals surface area (Å²) in [4.78, 5) is 30.3. The first-order chi connectivity index (χ1) is 11.0. The van der Waals surface area contributed by atoms with Crippen LogP contribution < -0.4 is 14.8 Å². The summed E-state index contributed by atoms with van der Waals surface area (Å²) in [6.07, 6.45) is 3.06. The zero-order valence-electron chi connectivity index (χ0n) is 12.7. The van der Waals surface area contributed by atoms with Gasteiger partial charge in [-0.15, -0.1) is 0 Å². The van der Waals surface area contributed by atoms with E-state index in [4.69, 9.17) is 9.47 Å². The van der Waals surface area contributed by atoms with Crippen molar-refractivity contribution in [3.63, 3.8) is 0 Å². The fourth-order valence-corrected chi connectivity index (χ4v) is 2.00. The number of hydrogen-bond acceptors (Lipinski definition) is 5. The molecule has 8 nitrogen and oxygen atoms in total. The highest BCUT2D eigenvalue weighted by molar-refractivity contribution is 5.97. The number of nitrogens with one attached hydrogen (secondary N) is 2. The number of carbonyl (C=O) groups is 2. The summed E-state index contributed by atoms with van der Waals surface area (Å²) in [6, 6.07) is 3.55. The zero-order chi connectivity index (χ0) is 16.8. The van der Waals surface area contributed by atoms with Crippen LogP contribution in [0.2, 0.25) is 0 Å². The highest BCUT2D eigenvalue weighted by atomic mass is 16.5. The molecule has 1 heterocycles. The number of carboxylic acid groups (broad SMARTS) is 1. The summed E-state index contributed by atoms with van der Waals surface area (Å²) in [6.45, 7) is 0. The normalized spacial score (nSPS) is 11.6. The van der Waals surface area contributed by atoms with Gasteiger partial charge in [-0.1, -0.05) is 0 Å². The number of ether oxygens (including phenoxy) is 2. The van der Waals surface area contributed by atoms with Crippen molar-refractivity contribution in [1.82, 2.24) is 15.3 Å². The Kier molecular flexibility index (Phi) is 5.19. The summed E-state index contributed by atoms with van der Waals surface area (Å²) in [5.74, 6) is -0.790. The molecule has 122 valence electrons. The largest absolute Gasteiger partial charge is 0.497 e. The summed E-state index contributed by atoms with van der Waals surface area (Å²) in [7, 11) is 2.93. The fourth-order valence-electron chi connectivity index (χ4n) is 2.00. The lowest BCUT2D eigenvalue weighted by Gasteiger charge is -2.14. The molecule has 0 aliphatic rings. The van der Waals surface area contributed by atoms with Gasteiger partial charge >= 0.3 is 5.97 Å². The third kappa shape index (κ3) is 4.22. The standard InChI is InChI=1S/C15H17N3O5/c1-22-11-3-9(4-12(6-11)23-2)14(19)18-13(15(20)21)5-10-7-16-8-17-10/h3-4,6-8,13H,5H2,1-2H3,(H,16,17)(H,18,19)(H,20,21). The van der Waals surface area contributed by atoms with Gasteiger partial charge in [-0.2, -0.15) is 0 Å². The van der Waals surface area contributed by atoms with Crippen LogP contribution in [-0.2, 0) is 11.2 Å². The molecule has 0 saturated heterocycles. The number of imidazole rings is 1. The molecule has 0 bridgehead atoms. The van der Waals surface area contributed by atoms with Gasteiger partial charge in [0.15, 0.2) is 0 Å². The second-order valence-corrected chi connectivity index (χ2v) is 4.75. The predicted octanol–water partition coefficient (Wildman–Crippen LogP) is 0.853. The Hall–Kier alpha value is -3.03. The molecular formula is C15H17N3O5. The number of methoxy groups -OCH3 is 2. The molecule has 0 radical (unpaired) electrons. The van der Waals surface area contributed by atoms with E-state index < -0.39 is 17.9 Å². The van der Waals surface area contributed by atoms with Crippen molar-refractivity contribution in [2.24, 2.45) is 0 Å². The molecule has 23 heavy (non-hydrogen) atoms. The molecule has 8 heteroatoms. The summed E-state index contributed by atoms with van der Waals surface area (Å²) < 4.78 is 10.2. The van der Waals surface area contributed by atoms with Crippen molar-refractivity contribution in [3.8, 4) is 11.5 Å². The van der Waals surface area contributed by atoms with Crippen LogP contribution in [0.15, 0.2) is 30.7 Å². The van der Waals surface area contributed by atoms with Crippen LogP contribution in [-0.4, -0.2) is 47.2 Å². The minimum atomic E-state index is -1.14. The topological polar surface area (TPSA) is 114 Å². The number of amides is 1. The van der Waals surface area contributed by atoms with Crippen molar-refractivity contribution in [3.05, 3.63) is 42.0 Å². The smallest absolute Gasteiger partial charge is 0.326 e. The minimum Gasteiger partial charge on any atom is -0.497 e. The Morgan fingerprint density at radius 2 is 1.91 bits per heavy atom. The number of carboxylic acids is 1. The first-order valence-electron chi connectivity index (χ1n) is 6.77. The maximum absolute atomic E-state index is 12.3. The molecule has 0 saturated carbocycles. The van der Waals surface area contributed by atoms with Gasteiger partial charge in [0.05, 0.1) is 20.5 Å². The number of benzene rings is 1. The molecule has 1 atom stereocenters. The molecule has 0 aliphatic heterocycles. The number of rotatable bonds is 7. The van der Waals surface area contributed by atoms with Crippen molar-refractivity contribution >= 4 is 11.9 Å². The van der Waals surface area contributed by atoms with Crippen LogP contribution in [0.25, 0.3) is 0 Å². The molecule has 1 amide bonds. The quantitative estimate of drug-likeness (QED) is 0.697. The van der Waals surface area contributed by atoms with E-state index >= 15 is 0 Å². The first-order valence-corrected chi connectivity index (χ1v) is 6.77. The molecule has 0 spiro atoms. The second-order valence-electron chi connectivity index (χ2n) is 4.75. The minimum absolute atomic E-state index is 0.0994. The number of aromatic amines is 1. The van der Waals surface area contributed by atoms with Gasteiger partial charge in [0, 0.05) is 29.9 Å². The Labute approximate surface area is 132 Å². The van der Waals surface area contributed by atoms with Crippen molar-refractivity contribution in [1.29, 1.82) is 0 Å². The first kappa shape index (κ1) is 16.3. The highest BCUT2D eigenvalue weighted by Crippen LogP contribution is 2.22. The van der Waals surface area contributed by atoms with Crippen molar-refractivity contribution < 1.29 is 24.2 Å². The average molecular weight is 319 g/mol. The van der Waals surface area contributed by atoms with Gasteiger partial charge in [-0.3, -0.25) is 4.79 Å². The summed E-state index contributed by atoms with van der Waals surface area (Å²) in [5.41, 5.74) is 0.859. The maximum Gasteiger partial charge on any atom is 0.326 e. The Balaban J connectivity index is 2.16. The SMILES string of the molecule is COc1cc(OC)cc(C(=O)NC(Cc2cnc[nH]2)C(=O)O)c1. The van der Waals surface area contributed by atoms with Gasteiger partial charge in [0.2, 0.25) is 0 Å². The van der Waals surface area contributed by atoms with Crippen LogP contribution >= 0.6 is 0 Å². The van der Waals surface area contributed by atoms with E-state index in [1.165, 1.54) is 38.9 Å². The molecular weight excluding hydrogens is 302 g/mol. The second kappa shape index (κ2) is 7.30. The lowest BCUT2D eigenvalue weighted by atomic mass is 10.1. The highest BCUT2D eigenvalue weighted by Gasteiger charge is 2.22. The average Bonchev–Trinajstić information content (AvgIpc) is 3.06. The number of aliphatic carboxylic acids is 1. The molecule has 2 aromatic rings. The number of hydrogen-bond donors (Lipinski definition) is 3. The third-order valence-electron chi connectivity index (χ3n) is 3.20. The van der Waals surface area contributed by atoms with E-state index in [9.17, 15) is 14.7 Å². The lowest BCUT2D eigenvalue weighted by molar-refractivity contribution is -0.139. The van der Waals surface area contributed by atoms with Gasteiger partial charge in [-0.05, 0) is 12.1 Å². The number of nitrogens with zero attached hydrogens (tertiary/aromatic N) is 1. The van der Waals surface area contributed by atoms with Crippen LogP contribution in [0.3, 0.4) is 0 Å². The van der Waals surface area contributed by atoms with E-state index in [2.05, 4.69) is 15.3 Å². The van der Waals surface area contributed by atoms with Crippen LogP contribution in [0.1, 0.15) is 16.1 Å². The Bertz CT molecular complexity index is 662. The number of H-pyrrole nitrogens is 1. The summed E-state index contributed by atoms with van der Waals surface area (Å²) >= 11 is 0. The van der Waals surface area contributed by atoms with Crippen LogP contribution in [0.4, 0.5) is 0 Å². The predicted molar refractivity (Wildman–Crippen MR) is 80.7 cm³/mol. The van der Waals surface area contributed by atoms with E-state index in [0.29, 0.717) is 17.2 Å². The molecule has 0 fully saturated rings. The van der Waals surface area contributed by atoms with Crippen molar-refractivity contribution in [2.45, 2.75) is 12.5 Å². The van der Waals surface area contributed by atoms with Gasteiger partial charge in [-0.25, -0.2) is 9.78 Å². The molecule has 0 aliphatic carbocycles.